The normalized spacial score (nSPS) is 10.8. The van der Waals surface area contributed by atoms with Crippen LogP contribution in [0.3, 0.4) is 0 Å². The number of aromatic nitrogens is 4. The Hall–Kier alpha value is -2.28. The molecule has 0 spiro atoms. The lowest BCUT2D eigenvalue weighted by Crippen LogP contribution is -2.23. The molecule has 0 atom stereocenters. The first-order valence-corrected chi connectivity index (χ1v) is 6.54. The second kappa shape index (κ2) is 4.77. The highest BCUT2D eigenvalue weighted by molar-refractivity contribution is 7.11. The number of aryl methyl sites for hydroxylation is 1. The molecule has 7 heteroatoms. The molecule has 0 saturated heterocycles. The van der Waals surface area contributed by atoms with Crippen molar-refractivity contribution in [3.63, 3.8) is 0 Å². The Balaban J connectivity index is 1.72. The molecule has 0 unspecified atom stereocenters. The minimum absolute atomic E-state index is 0.136. The highest BCUT2D eigenvalue weighted by Gasteiger charge is 2.08. The molecule has 0 aliphatic carbocycles. The summed E-state index contributed by atoms with van der Waals surface area (Å²) >= 11 is 1.48. The standard InChI is InChI=1S/C12H11N5OS/c1-8-15-16-11(19-8)6-14-12(18)9-2-3-10-13-4-5-17(10)7-9/h2-5,7H,6H2,1H3,(H,14,18). The summed E-state index contributed by atoms with van der Waals surface area (Å²) in [5, 5.41) is 12.4. The van der Waals surface area contributed by atoms with Crippen LogP contribution in [0.1, 0.15) is 20.4 Å². The molecule has 0 aliphatic heterocycles. The van der Waals surface area contributed by atoms with Gasteiger partial charge in [-0.1, -0.05) is 11.3 Å². The van der Waals surface area contributed by atoms with Crippen molar-refractivity contribution in [2.75, 3.05) is 0 Å². The third kappa shape index (κ3) is 2.45. The van der Waals surface area contributed by atoms with Gasteiger partial charge in [0.1, 0.15) is 15.7 Å². The van der Waals surface area contributed by atoms with Gasteiger partial charge in [0.15, 0.2) is 0 Å². The maximum Gasteiger partial charge on any atom is 0.253 e. The third-order valence-corrected chi connectivity index (χ3v) is 3.46. The summed E-state index contributed by atoms with van der Waals surface area (Å²) in [4.78, 5) is 16.1. The van der Waals surface area contributed by atoms with E-state index in [0.717, 1.165) is 15.7 Å². The molecule has 3 aromatic rings. The summed E-state index contributed by atoms with van der Waals surface area (Å²) in [5.41, 5.74) is 1.41. The van der Waals surface area contributed by atoms with Crippen LogP contribution in [0.15, 0.2) is 30.7 Å². The van der Waals surface area contributed by atoms with Crippen LogP contribution in [-0.4, -0.2) is 25.5 Å². The van der Waals surface area contributed by atoms with E-state index in [1.165, 1.54) is 11.3 Å². The molecule has 0 aliphatic rings. The molecule has 0 bridgehead atoms. The van der Waals surface area contributed by atoms with E-state index in [-0.39, 0.29) is 5.91 Å². The number of carbonyl (C=O) groups is 1. The Kier molecular flexibility index (Phi) is 2.96. The Bertz CT molecular complexity index is 732. The van der Waals surface area contributed by atoms with Crippen molar-refractivity contribution in [1.82, 2.24) is 24.9 Å². The number of hydrogen-bond donors (Lipinski definition) is 1. The molecule has 3 aromatic heterocycles. The zero-order valence-corrected chi connectivity index (χ0v) is 11.0. The number of imidazole rings is 1. The number of amides is 1. The van der Waals surface area contributed by atoms with Crippen LogP contribution in [0.4, 0.5) is 0 Å². The predicted molar refractivity (Wildman–Crippen MR) is 71.0 cm³/mol. The van der Waals surface area contributed by atoms with Gasteiger partial charge in [-0.3, -0.25) is 4.79 Å². The predicted octanol–water partition coefficient (Wildman–Crippen LogP) is 1.42. The summed E-state index contributed by atoms with van der Waals surface area (Å²) in [6.45, 7) is 2.28. The second-order valence-corrected chi connectivity index (χ2v) is 5.27. The number of nitrogens with one attached hydrogen (secondary N) is 1. The quantitative estimate of drug-likeness (QED) is 0.783. The monoisotopic (exact) mass is 273 g/mol. The van der Waals surface area contributed by atoms with Crippen LogP contribution in [0.25, 0.3) is 5.65 Å². The molecule has 0 aromatic carbocycles. The number of fused-ring (bicyclic) bond motifs is 1. The van der Waals surface area contributed by atoms with E-state index in [9.17, 15) is 4.79 Å². The molecule has 96 valence electrons. The van der Waals surface area contributed by atoms with Crippen LogP contribution >= 0.6 is 11.3 Å². The first-order chi connectivity index (χ1) is 9.22. The van der Waals surface area contributed by atoms with Gasteiger partial charge >= 0.3 is 0 Å². The molecular formula is C12H11N5OS. The van der Waals surface area contributed by atoms with Crippen molar-refractivity contribution in [3.05, 3.63) is 46.3 Å². The van der Waals surface area contributed by atoms with Crippen LogP contribution in [0, 0.1) is 6.92 Å². The summed E-state index contributed by atoms with van der Waals surface area (Å²) < 4.78 is 1.81. The number of nitrogens with zero attached hydrogens (tertiary/aromatic N) is 4. The van der Waals surface area contributed by atoms with E-state index >= 15 is 0 Å². The van der Waals surface area contributed by atoms with Gasteiger partial charge in [0.2, 0.25) is 0 Å². The highest BCUT2D eigenvalue weighted by Crippen LogP contribution is 2.08. The molecule has 6 nitrogen and oxygen atoms in total. The third-order valence-electron chi connectivity index (χ3n) is 2.62. The van der Waals surface area contributed by atoms with Gasteiger partial charge in [0, 0.05) is 18.6 Å². The summed E-state index contributed by atoms with van der Waals surface area (Å²) in [6, 6.07) is 3.56. The Morgan fingerprint density at radius 2 is 2.32 bits per heavy atom. The fourth-order valence-electron chi connectivity index (χ4n) is 1.72. The minimum atomic E-state index is -0.136. The Morgan fingerprint density at radius 3 is 3.11 bits per heavy atom. The fraction of sp³-hybridized carbons (Fsp3) is 0.167. The smallest absolute Gasteiger partial charge is 0.253 e. The van der Waals surface area contributed by atoms with Gasteiger partial charge in [-0.15, -0.1) is 10.2 Å². The number of pyridine rings is 1. The lowest BCUT2D eigenvalue weighted by atomic mass is 10.2. The van der Waals surface area contributed by atoms with Gasteiger partial charge in [0.05, 0.1) is 12.1 Å². The lowest BCUT2D eigenvalue weighted by molar-refractivity contribution is 0.0950. The van der Waals surface area contributed by atoms with Crippen LogP contribution in [0.2, 0.25) is 0 Å². The van der Waals surface area contributed by atoms with Gasteiger partial charge in [-0.25, -0.2) is 4.98 Å². The van der Waals surface area contributed by atoms with Gasteiger partial charge in [0.25, 0.3) is 5.91 Å². The summed E-state index contributed by atoms with van der Waals surface area (Å²) in [6.07, 6.45) is 5.25. The van der Waals surface area contributed by atoms with Crippen molar-refractivity contribution < 1.29 is 4.79 Å². The molecule has 1 amide bonds. The van der Waals surface area contributed by atoms with E-state index in [2.05, 4.69) is 20.5 Å². The molecule has 3 rings (SSSR count). The van der Waals surface area contributed by atoms with Crippen LogP contribution in [0.5, 0.6) is 0 Å². The average Bonchev–Trinajstić information content (AvgIpc) is 3.03. The number of rotatable bonds is 3. The molecule has 1 N–H and O–H groups in total. The average molecular weight is 273 g/mol. The highest BCUT2D eigenvalue weighted by atomic mass is 32.1. The fourth-order valence-corrected chi connectivity index (χ4v) is 2.37. The molecule has 3 heterocycles. The number of hydrogen-bond acceptors (Lipinski definition) is 5. The second-order valence-electron chi connectivity index (χ2n) is 4.01. The maximum atomic E-state index is 12.0. The first kappa shape index (κ1) is 11.8. The van der Waals surface area contributed by atoms with E-state index < -0.39 is 0 Å². The van der Waals surface area contributed by atoms with Crippen LogP contribution in [-0.2, 0) is 6.54 Å². The Morgan fingerprint density at radius 1 is 1.42 bits per heavy atom. The molecule has 0 radical (unpaired) electrons. The molecule has 0 fully saturated rings. The van der Waals surface area contributed by atoms with Gasteiger partial charge in [-0.05, 0) is 19.1 Å². The summed E-state index contributed by atoms with van der Waals surface area (Å²) in [7, 11) is 0. The first-order valence-electron chi connectivity index (χ1n) is 5.72. The zero-order chi connectivity index (χ0) is 13.2. The van der Waals surface area contributed by atoms with Crippen LogP contribution < -0.4 is 5.32 Å². The van der Waals surface area contributed by atoms with E-state index in [1.807, 2.05) is 17.4 Å². The zero-order valence-electron chi connectivity index (χ0n) is 10.2. The topological polar surface area (TPSA) is 72.2 Å². The largest absolute Gasteiger partial charge is 0.345 e. The van der Waals surface area contributed by atoms with E-state index in [0.29, 0.717) is 12.1 Å². The van der Waals surface area contributed by atoms with Crippen molar-refractivity contribution in [3.8, 4) is 0 Å². The molecule has 0 saturated carbocycles. The van der Waals surface area contributed by atoms with E-state index in [4.69, 9.17) is 0 Å². The van der Waals surface area contributed by atoms with E-state index in [1.54, 1.807) is 24.7 Å². The molecular weight excluding hydrogens is 262 g/mol. The van der Waals surface area contributed by atoms with Gasteiger partial charge < -0.3 is 9.72 Å². The van der Waals surface area contributed by atoms with Crippen molar-refractivity contribution in [2.24, 2.45) is 0 Å². The van der Waals surface area contributed by atoms with Crippen molar-refractivity contribution in [2.45, 2.75) is 13.5 Å². The maximum absolute atomic E-state index is 12.0. The lowest BCUT2D eigenvalue weighted by Gasteiger charge is -2.03. The van der Waals surface area contributed by atoms with Crippen molar-refractivity contribution in [1.29, 1.82) is 0 Å². The number of carbonyl (C=O) groups excluding carboxylic acids is 1. The summed E-state index contributed by atoms with van der Waals surface area (Å²) in [5.74, 6) is -0.136. The minimum Gasteiger partial charge on any atom is -0.345 e. The molecule has 19 heavy (non-hydrogen) atoms. The SMILES string of the molecule is Cc1nnc(CNC(=O)c2ccc3nccn3c2)s1. The van der Waals surface area contributed by atoms with Crippen molar-refractivity contribution >= 4 is 22.9 Å². The van der Waals surface area contributed by atoms with Gasteiger partial charge in [-0.2, -0.15) is 0 Å². The Labute approximate surface area is 113 Å².